The number of benzene rings is 1. The molecule has 1 saturated heterocycles. The second kappa shape index (κ2) is 12.9. The molecule has 2 heterocycles. The molecule has 1 amide bonds. The molecule has 2 N–H and O–H groups in total. The van der Waals surface area contributed by atoms with Crippen LogP contribution in [0.5, 0.6) is 0 Å². The van der Waals surface area contributed by atoms with E-state index in [0.717, 1.165) is 17.1 Å². The summed E-state index contributed by atoms with van der Waals surface area (Å²) in [7, 11) is 0. The van der Waals surface area contributed by atoms with Gasteiger partial charge >= 0.3 is 0 Å². The Morgan fingerprint density at radius 1 is 1.27 bits per heavy atom. The quantitative estimate of drug-likeness (QED) is 0.319. The summed E-state index contributed by atoms with van der Waals surface area (Å²) >= 11 is 1.65. The molecule has 30 heavy (non-hydrogen) atoms. The number of aryl methyl sites for hydroxylation is 1. The fraction of sp³-hybridized carbons (Fsp3) is 0.476. The standard InChI is InChI=1S/C21H29N5O2S.HI/c1-3-22-21(25-15-19-23-13-16(2)29-19)24-14-18(17-7-5-4-6-8-17)20(27)26-9-11-28-12-10-26;/h4-8,13,18H,3,9-12,14-15H2,1-2H3,(H2,22,24,25);1H. The largest absolute Gasteiger partial charge is 0.378 e. The predicted octanol–water partition coefficient (Wildman–Crippen LogP) is 2.77. The molecule has 0 bridgehead atoms. The van der Waals surface area contributed by atoms with Crippen LogP contribution in [0.2, 0.25) is 0 Å². The van der Waals surface area contributed by atoms with Crippen LogP contribution in [0.25, 0.3) is 0 Å². The smallest absolute Gasteiger partial charge is 0.232 e. The molecule has 9 heteroatoms. The van der Waals surface area contributed by atoms with Crippen LogP contribution < -0.4 is 10.6 Å². The third kappa shape index (κ3) is 7.21. The monoisotopic (exact) mass is 543 g/mol. The van der Waals surface area contributed by atoms with Crippen molar-refractivity contribution in [2.75, 3.05) is 39.4 Å². The molecule has 0 radical (unpaired) electrons. The minimum atomic E-state index is -0.278. The summed E-state index contributed by atoms with van der Waals surface area (Å²) in [5.74, 6) is 0.537. The highest BCUT2D eigenvalue weighted by Crippen LogP contribution is 2.19. The maximum Gasteiger partial charge on any atom is 0.232 e. The molecule has 1 unspecified atom stereocenters. The van der Waals surface area contributed by atoms with Gasteiger partial charge in [-0.2, -0.15) is 0 Å². The number of morpholine rings is 1. The molecule has 1 fully saturated rings. The number of nitrogens with zero attached hydrogens (tertiary/aromatic N) is 3. The highest BCUT2D eigenvalue weighted by molar-refractivity contribution is 14.0. The SMILES string of the molecule is CCNC(=NCc1ncc(C)s1)NCC(C(=O)N1CCOCC1)c1ccccc1.I. The number of hydrogen-bond acceptors (Lipinski definition) is 5. The van der Waals surface area contributed by atoms with Crippen LogP contribution in [0.1, 0.15) is 28.3 Å². The van der Waals surface area contributed by atoms with Gasteiger partial charge in [-0.1, -0.05) is 30.3 Å². The minimum absolute atomic E-state index is 0. The third-order valence-electron chi connectivity index (χ3n) is 4.68. The fourth-order valence-electron chi connectivity index (χ4n) is 3.20. The van der Waals surface area contributed by atoms with Gasteiger partial charge in [0, 0.05) is 37.3 Å². The molecular formula is C21H30IN5O2S. The first-order chi connectivity index (χ1) is 14.2. The maximum absolute atomic E-state index is 13.2. The number of thiazole rings is 1. The number of nitrogens with one attached hydrogen (secondary N) is 2. The van der Waals surface area contributed by atoms with Crippen LogP contribution in [0, 0.1) is 6.92 Å². The van der Waals surface area contributed by atoms with Crippen molar-refractivity contribution in [3.8, 4) is 0 Å². The van der Waals surface area contributed by atoms with Crippen LogP contribution in [0.4, 0.5) is 0 Å². The fourth-order valence-corrected chi connectivity index (χ4v) is 3.91. The zero-order valence-electron chi connectivity index (χ0n) is 17.5. The molecule has 2 aromatic rings. The summed E-state index contributed by atoms with van der Waals surface area (Å²) in [4.78, 5) is 25.3. The number of ether oxygens (including phenoxy) is 1. The van der Waals surface area contributed by atoms with Crippen molar-refractivity contribution >= 4 is 47.2 Å². The average molecular weight is 543 g/mol. The summed E-state index contributed by atoms with van der Waals surface area (Å²) in [6, 6.07) is 9.92. The van der Waals surface area contributed by atoms with Crippen LogP contribution in [-0.2, 0) is 16.1 Å². The van der Waals surface area contributed by atoms with E-state index in [1.165, 1.54) is 4.88 Å². The first kappa shape index (κ1) is 24.5. The zero-order valence-corrected chi connectivity index (χ0v) is 20.6. The summed E-state index contributed by atoms with van der Waals surface area (Å²) in [6.45, 7) is 8.27. The van der Waals surface area contributed by atoms with Crippen LogP contribution in [0.3, 0.4) is 0 Å². The van der Waals surface area contributed by atoms with Crippen molar-refractivity contribution in [2.24, 2.45) is 4.99 Å². The molecule has 0 spiro atoms. The highest BCUT2D eigenvalue weighted by atomic mass is 127. The van der Waals surface area contributed by atoms with E-state index in [0.29, 0.717) is 45.4 Å². The minimum Gasteiger partial charge on any atom is -0.378 e. The van der Waals surface area contributed by atoms with Crippen LogP contribution in [0.15, 0.2) is 41.5 Å². The highest BCUT2D eigenvalue weighted by Gasteiger charge is 2.27. The predicted molar refractivity (Wildman–Crippen MR) is 132 cm³/mol. The van der Waals surface area contributed by atoms with Crippen molar-refractivity contribution in [2.45, 2.75) is 26.3 Å². The summed E-state index contributed by atoms with van der Waals surface area (Å²) in [5.41, 5.74) is 1.00. The van der Waals surface area contributed by atoms with Gasteiger partial charge in [0.05, 0.1) is 25.7 Å². The van der Waals surface area contributed by atoms with Crippen molar-refractivity contribution < 1.29 is 9.53 Å². The molecule has 1 atom stereocenters. The van der Waals surface area contributed by atoms with Gasteiger partial charge in [0.1, 0.15) is 5.01 Å². The van der Waals surface area contributed by atoms with Crippen LogP contribution in [-0.4, -0.2) is 61.1 Å². The molecule has 1 aromatic heterocycles. The van der Waals surface area contributed by atoms with Crippen molar-refractivity contribution in [3.05, 3.63) is 52.0 Å². The number of carbonyl (C=O) groups is 1. The average Bonchev–Trinajstić information content (AvgIpc) is 3.18. The summed E-state index contributed by atoms with van der Waals surface area (Å²) in [5, 5.41) is 7.58. The Morgan fingerprint density at radius 2 is 2.00 bits per heavy atom. The van der Waals surface area contributed by atoms with E-state index in [4.69, 9.17) is 4.74 Å². The van der Waals surface area contributed by atoms with E-state index in [2.05, 4.69) is 20.6 Å². The van der Waals surface area contributed by atoms with Crippen LogP contribution >= 0.6 is 35.3 Å². The van der Waals surface area contributed by atoms with Crippen molar-refractivity contribution in [3.63, 3.8) is 0 Å². The first-order valence-electron chi connectivity index (χ1n) is 10.0. The van der Waals surface area contributed by atoms with Gasteiger partial charge in [-0.15, -0.1) is 35.3 Å². The lowest BCUT2D eigenvalue weighted by Crippen LogP contribution is -2.47. The van der Waals surface area contributed by atoms with Crippen molar-refractivity contribution in [1.82, 2.24) is 20.5 Å². The van der Waals surface area contributed by atoms with E-state index in [1.807, 2.05) is 55.3 Å². The number of halogens is 1. The van der Waals surface area contributed by atoms with Gasteiger partial charge < -0.3 is 20.3 Å². The Bertz CT molecular complexity index is 809. The molecule has 3 rings (SSSR count). The zero-order chi connectivity index (χ0) is 20.5. The third-order valence-corrected chi connectivity index (χ3v) is 5.58. The number of aromatic nitrogens is 1. The molecule has 1 aromatic carbocycles. The lowest BCUT2D eigenvalue weighted by Gasteiger charge is -2.31. The van der Waals surface area contributed by atoms with Gasteiger partial charge in [0.15, 0.2) is 5.96 Å². The lowest BCUT2D eigenvalue weighted by molar-refractivity contribution is -0.136. The van der Waals surface area contributed by atoms with Gasteiger partial charge in [-0.3, -0.25) is 4.79 Å². The number of aliphatic imine (C=N–C) groups is 1. The summed E-state index contributed by atoms with van der Waals surface area (Å²) in [6.07, 6.45) is 1.86. The Kier molecular flexibility index (Phi) is 10.5. The van der Waals surface area contributed by atoms with E-state index >= 15 is 0 Å². The molecule has 1 aliphatic heterocycles. The van der Waals surface area contributed by atoms with E-state index in [-0.39, 0.29) is 35.8 Å². The number of rotatable bonds is 7. The first-order valence-corrected chi connectivity index (χ1v) is 10.8. The van der Waals surface area contributed by atoms with E-state index < -0.39 is 0 Å². The molecule has 1 aliphatic rings. The number of amides is 1. The normalized spacial score (nSPS) is 15.3. The molecular weight excluding hydrogens is 513 g/mol. The van der Waals surface area contributed by atoms with Crippen molar-refractivity contribution in [1.29, 1.82) is 0 Å². The Labute approximate surface area is 199 Å². The molecule has 7 nitrogen and oxygen atoms in total. The molecule has 164 valence electrons. The number of carbonyl (C=O) groups excluding carboxylic acids is 1. The van der Waals surface area contributed by atoms with E-state index in [1.54, 1.807) is 11.3 Å². The van der Waals surface area contributed by atoms with Gasteiger partial charge in [-0.25, -0.2) is 9.98 Å². The second-order valence-corrected chi connectivity index (χ2v) is 8.16. The Morgan fingerprint density at radius 3 is 2.63 bits per heavy atom. The van der Waals surface area contributed by atoms with Gasteiger partial charge in [0.25, 0.3) is 0 Å². The topological polar surface area (TPSA) is 78.8 Å². The van der Waals surface area contributed by atoms with Gasteiger partial charge in [0.2, 0.25) is 5.91 Å². The number of hydrogen-bond donors (Lipinski definition) is 2. The Balaban J connectivity index is 0.00000320. The molecule has 0 aliphatic carbocycles. The maximum atomic E-state index is 13.2. The lowest BCUT2D eigenvalue weighted by atomic mass is 9.97. The second-order valence-electron chi connectivity index (χ2n) is 6.84. The summed E-state index contributed by atoms with van der Waals surface area (Å²) < 4.78 is 5.40. The number of guanidine groups is 1. The molecule has 0 saturated carbocycles. The van der Waals surface area contributed by atoms with Gasteiger partial charge in [-0.05, 0) is 19.4 Å². The van der Waals surface area contributed by atoms with E-state index in [9.17, 15) is 4.79 Å². The Hall–Kier alpha value is -1.72.